The Bertz CT molecular complexity index is 653. The Hall–Kier alpha value is -2.28. The van der Waals surface area contributed by atoms with Crippen molar-refractivity contribution < 1.29 is 14.3 Å². The molecule has 0 atom stereocenters. The van der Waals surface area contributed by atoms with Gasteiger partial charge in [0.1, 0.15) is 24.2 Å². The van der Waals surface area contributed by atoms with Crippen molar-refractivity contribution >= 4 is 5.91 Å². The number of carbonyl (C=O) groups is 1. The highest BCUT2D eigenvalue weighted by atomic mass is 19.1. The monoisotopic (exact) mass is 290 g/mol. The number of halogens is 1. The summed E-state index contributed by atoms with van der Waals surface area (Å²) in [5.41, 5.74) is 0.303. The van der Waals surface area contributed by atoms with E-state index in [1.165, 1.54) is 35.5 Å². The third-order valence-corrected chi connectivity index (χ3v) is 3.79. The molecule has 2 aromatic rings. The van der Waals surface area contributed by atoms with Gasteiger partial charge in [0.2, 0.25) is 0 Å². The highest BCUT2D eigenvalue weighted by molar-refractivity contribution is 5.94. The first kappa shape index (κ1) is 13.7. The summed E-state index contributed by atoms with van der Waals surface area (Å²) in [6.45, 7) is 0.474. The zero-order valence-corrected chi connectivity index (χ0v) is 11.3. The molecule has 0 aliphatic heterocycles. The topological polar surface area (TPSA) is 80.0 Å². The molecule has 0 bridgehead atoms. The normalized spacial score (nSPS) is 15.7. The van der Waals surface area contributed by atoms with Crippen molar-refractivity contribution in [1.29, 1.82) is 0 Å². The summed E-state index contributed by atoms with van der Waals surface area (Å²) < 4.78 is 15.3. The van der Waals surface area contributed by atoms with Gasteiger partial charge in [-0.25, -0.2) is 14.1 Å². The molecule has 1 fully saturated rings. The van der Waals surface area contributed by atoms with Gasteiger partial charge in [0, 0.05) is 17.5 Å². The smallest absolute Gasteiger partial charge is 0.251 e. The van der Waals surface area contributed by atoms with Crippen LogP contribution in [0.3, 0.4) is 0 Å². The van der Waals surface area contributed by atoms with E-state index in [1.54, 1.807) is 0 Å². The number of carbonyl (C=O) groups excluding carboxylic acids is 1. The van der Waals surface area contributed by atoms with Crippen LogP contribution in [0.4, 0.5) is 4.39 Å². The molecule has 1 aliphatic carbocycles. The molecule has 1 aromatic heterocycles. The quantitative estimate of drug-likeness (QED) is 0.857. The number of aliphatic hydroxyl groups excluding tert-OH is 1. The minimum atomic E-state index is -0.545. The van der Waals surface area contributed by atoms with Gasteiger partial charge in [-0.3, -0.25) is 4.79 Å². The molecule has 0 saturated heterocycles. The van der Waals surface area contributed by atoms with Crippen molar-refractivity contribution in [3.05, 3.63) is 42.2 Å². The van der Waals surface area contributed by atoms with E-state index in [2.05, 4.69) is 15.4 Å². The van der Waals surface area contributed by atoms with Crippen molar-refractivity contribution in [2.24, 2.45) is 5.41 Å². The highest BCUT2D eigenvalue weighted by Crippen LogP contribution is 2.44. The van der Waals surface area contributed by atoms with Crippen molar-refractivity contribution in [3.8, 4) is 5.69 Å². The number of nitrogens with one attached hydrogen (secondary N) is 1. The summed E-state index contributed by atoms with van der Waals surface area (Å²) >= 11 is 0. The summed E-state index contributed by atoms with van der Waals surface area (Å²) in [5.74, 6) is -0.893. The fourth-order valence-corrected chi connectivity index (χ4v) is 2.10. The van der Waals surface area contributed by atoms with Crippen LogP contribution < -0.4 is 5.32 Å². The number of nitrogens with zero attached hydrogens (tertiary/aromatic N) is 3. The van der Waals surface area contributed by atoms with Crippen LogP contribution in [0.2, 0.25) is 0 Å². The van der Waals surface area contributed by atoms with Gasteiger partial charge >= 0.3 is 0 Å². The SMILES string of the molecule is O=C(NCC1(CO)CC1)c1ccc(-n2cncn2)c(F)c1. The van der Waals surface area contributed by atoms with Crippen LogP contribution in [0.25, 0.3) is 5.69 Å². The Labute approximate surface area is 120 Å². The second kappa shape index (κ2) is 5.25. The maximum absolute atomic E-state index is 14.0. The lowest BCUT2D eigenvalue weighted by Crippen LogP contribution is -2.31. The van der Waals surface area contributed by atoms with Crippen molar-refractivity contribution in [2.75, 3.05) is 13.2 Å². The molecule has 0 spiro atoms. The Kier molecular flexibility index (Phi) is 3.42. The van der Waals surface area contributed by atoms with E-state index in [0.717, 1.165) is 12.8 Å². The molecule has 0 radical (unpaired) electrons. The fraction of sp³-hybridized carbons (Fsp3) is 0.357. The van der Waals surface area contributed by atoms with Crippen LogP contribution in [-0.4, -0.2) is 38.9 Å². The van der Waals surface area contributed by atoms with Gasteiger partial charge in [-0.2, -0.15) is 5.10 Å². The molecule has 110 valence electrons. The molecule has 1 aromatic carbocycles. The Morgan fingerprint density at radius 1 is 1.48 bits per heavy atom. The van der Waals surface area contributed by atoms with Gasteiger partial charge in [0.05, 0.1) is 6.61 Å². The lowest BCUT2D eigenvalue weighted by molar-refractivity contribution is 0.0935. The number of hydrogen-bond acceptors (Lipinski definition) is 4. The summed E-state index contributed by atoms with van der Waals surface area (Å²) in [4.78, 5) is 15.7. The Morgan fingerprint density at radius 2 is 2.29 bits per heavy atom. The zero-order chi connectivity index (χ0) is 14.9. The van der Waals surface area contributed by atoms with Gasteiger partial charge in [0.15, 0.2) is 0 Å². The van der Waals surface area contributed by atoms with E-state index < -0.39 is 5.82 Å². The minimum absolute atomic E-state index is 0.0624. The summed E-state index contributed by atoms with van der Waals surface area (Å²) in [7, 11) is 0. The average Bonchev–Trinajstić information content (AvgIpc) is 3.08. The molecule has 2 N–H and O–H groups in total. The summed E-state index contributed by atoms with van der Waals surface area (Å²) in [6.07, 6.45) is 4.51. The predicted molar refractivity (Wildman–Crippen MR) is 72.4 cm³/mol. The molecule has 1 saturated carbocycles. The largest absolute Gasteiger partial charge is 0.396 e. The van der Waals surface area contributed by atoms with Gasteiger partial charge in [-0.15, -0.1) is 0 Å². The van der Waals surface area contributed by atoms with Crippen LogP contribution in [0.1, 0.15) is 23.2 Å². The minimum Gasteiger partial charge on any atom is -0.396 e. The number of rotatable bonds is 5. The number of amides is 1. The van der Waals surface area contributed by atoms with Crippen LogP contribution in [0.15, 0.2) is 30.9 Å². The van der Waals surface area contributed by atoms with E-state index >= 15 is 0 Å². The maximum atomic E-state index is 14.0. The van der Waals surface area contributed by atoms with E-state index in [1.807, 2.05) is 0 Å². The second-order valence-corrected chi connectivity index (χ2v) is 5.35. The van der Waals surface area contributed by atoms with E-state index in [4.69, 9.17) is 0 Å². The summed E-state index contributed by atoms with van der Waals surface area (Å²) in [5, 5.41) is 15.8. The predicted octanol–water partition coefficient (Wildman–Crippen LogP) is 0.909. The molecule has 0 unspecified atom stereocenters. The van der Waals surface area contributed by atoms with Crippen LogP contribution in [-0.2, 0) is 0 Å². The van der Waals surface area contributed by atoms with E-state index in [9.17, 15) is 14.3 Å². The number of aliphatic hydroxyl groups is 1. The van der Waals surface area contributed by atoms with Crippen LogP contribution in [0.5, 0.6) is 0 Å². The molecular weight excluding hydrogens is 275 g/mol. The molecule has 1 aliphatic rings. The lowest BCUT2D eigenvalue weighted by Gasteiger charge is -2.13. The standard InChI is InChI=1S/C14H15FN4O2/c15-11-5-10(1-2-12(11)19-9-16-8-18-19)13(21)17-6-14(7-20)3-4-14/h1-2,5,8-9,20H,3-4,6-7H2,(H,17,21). The Morgan fingerprint density at radius 3 is 2.86 bits per heavy atom. The third-order valence-electron chi connectivity index (χ3n) is 3.79. The van der Waals surface area contributed by atoms with Crippen LogP contribution in [0, 0.1) is 11.2 Å². The highest BCUT2D eigenvalue weighted by Gasteiger charge is 2.42. The molecule has 1 amide bonds. The first-order valence-corrected chi connectivity index (χ1v) is 6.67. The average molecular weight is 290 g/mol. The van der Waals surface area contributed by atoms with Crippen molar-refractivity contribution in [2.45, 2.75) is 12.8 Å². The van der Waals surface area contributed by atoms with E-state index in [0.29, 0.717) is 6.54 Å². The second-order valence-electron chi connectivity index (χ2n) is 5.35. The molecule has 6 nitrogen and oxygen atoms in total. The van der Waals surface area contributed by atoms with Crippen LogP contribution >= 0.6 is 0 Å². The maximum Gasteiger partial charge on any atom is 0.251 e. The van der Waals surface area contributed by atoms with Crippen molar-refractivity contribution in [1.82, 2.24) is 20.1 Å². The number of benzene rings is 1. The molecule has 21 heavy (non-hydrogen) atoms. The van der Waals surface area contributed by atoms with Gasteiger partial charge in [-0.05, 0) is 31.0 Å². The van der Waals surface area contributed by atoms with E-state index in [-0.39, 0.29) is 29.2 Å². The number of hydrogen-bond donors (Lipinski definition) is 2. The fourth-order valence-electron chi connectivity index (χ4n) is 2.10. The third kappa shape index (κ3) is 2.78. The first-order valence-electron chi connectivity index (χ1n) is 6.67. The molecule has 7 heteroatoms. The number of aromatic nitrogens is 3. The Balaban J connectivity index is 1.71. The van der Waals surface area contributed by atoms with Crippen molar-refractivity contribution in [3.63, 3.8) is 0 Å². The molecule has 1 heterocycles. The van der Waals surface area contributed by atoms with Gasteiger partial charge in [-0.1, -0.05) is 0 Å². The molecule has 3 rings (SSSR count). The van der Waals surface area contributed by atoms with Gasteiger partial charge < -0.3 is 10.4 Å². The lowest BCUT2D eigenvalue weighted by atomic mass is 10.1. The zero-order valence-electron chi connectivity index (χ0n) is 11.3. The first-order chi connectivity index (χ1) is 10.1. The van der Waals surface area contributed by atoms with Gasteiger partial charge in [0.25, 0.3) is 5.91 Å². The summed E-state index contributed by atoms with van der Waals surface area (Å²) in [6, 6.07) is 4.19. The molecular formula is C14H15FN4O2.